The topological polar surface area (TPSA) is 35.5 Å². The van der Waals surface area contributed by atoms with E-state index < -0.39 is 0 Å². The Morgan fingerprint density at radius 2 is 2.20 bits per heavy atom. The Balaban J connectivity index is 1.85. The molecule has 1 heterocycles. The molecule has 1 saturated heterocycles. The third kappa shape index (κ3) is 4.45. The van der Waals surface area contributed by atoms with Crippen LogP contribution in [0.15, 0.2) is 18.2 Å². The van der Waals surface area contributed by atoms with E-state index in [0.717, 1.165) is 37.7 Å². The zero-order valence-corrected chi connectivity index (χ0v) is 12.7. The highest BCUT2D eigenvalue weighted by atomic mass is 35.5. The zero-order valence-electron chi connectivity index (χ0n) is 11.2. The van der Waals surface area contributed by atoms with Crippen LogP contribution in [-0.2, 0) is 14.3 Å². The zero-order chi connectivity index (χ0) is 14.4. The Kier molecular flexibility index (Phi) is 6.30. The average molecular weight is 317 g/mol. The second-order valence-electron chi connectivity index (χ2n) is 4.87. The van der Waals surface area contributed by atoms with Crippen molar-refractivity contribution in [1.29, 1.82) is 0 Å². The monoisotopic (exact) mass is 316 g/mol. The SMILES string of the molecule is O=CC(CCOC1CCCCO1)c1ccc(Cl)c(Cl)c1. The summed E-state index contributed by atoms with van der Waals surface area (Å²) in [6.45, 7) is 1.25. The lowest BCUT2D eigenvalue weighted by atomic mass is 9.98. The molecule has 1 aromatic rings. The number of ether oxygens (including phenoxy) is 2. The first kappa shape index (κ1) is 15.8. The molecular formula is C15H18Cl2O3. The van der Waals surface area contributed by atoms with E-state index in [1.54, 1.807) is 12.1 Å². The molecule has 110 valence electrons. The van der Waals surface area contributed by atoms with Crippen molar-refractivity contribution in [2.24, 2.45) is 0 Å². The van der Waals surface area contributed by atoms with Crippen LogP contribution in [0.25, 0.3) is 0 Å². The molecule has 2 unspecified atom stereocenters. The average Bonchev–Trinajstić information content (AvgIpc) is 2.48. The van der Waals surface area contributed by atoms with Crippen LogP contribution in [0.2, 0.25) is 10.0 Å². The standard InChI is InChI=1S/C15H18Cl2O3/c16-13-5-4-11(9-14(13)17)12(10-18)6-8-20-15-3-1-2-7-19-15/h4-5,9-10,12,15H,1-3,6-8H2. The van der Waals surface area contributed by atoms with Gasteiger partial charge in [-0.3, -0.25) is 0 Å². The van der Waals surface area contributed by atoms with Crippen LogP contribution in [0.3, 0.4) is 0 Å². The normalized spacial score (nSPS) is 20.6. The molecular weight excluding hydrogens is 299 g/mol. The maximum atomic E-state index is 11.2. The van der Waals surface area contributed by atoms with Crippen LogP contribution in [0.1, 0.15) is 37.2 Å². The van der Waals surface area contributed by atoms with Crippen LogP contribution in [0, 0.1) is 0 Å². The van der Waals surface area contributed by atoms with E-state index in [9.17, 15) is 4.79 Å². The molecule has 0 saturated carbocycles. The Morgan fingerprint density at radius 1 is 1.35 bits per heavy atom. The Bertz CT molecular complexity index is 445. The van der Waals surface area contributed by atoms with E-state index in [4.69, 9.17) is 32.7 Å². The van der Waals surface area contributed by atoms with Gasteiger partial charge in [-0.1, -0.05) is 29.3 Å². The van der Waals surface area contributed by atoms with Gasteiger partial charge in [0, 0.05) is 12.5 Å². The van der Waals surface area contributed by atoms with Gasteiger partial charge in [0.15, 0.2) is 6.29 Å². The minimum atomic E-state index is -0.228. The number of carbonyl (C=O) groups is 1. The van der Waals surface area contributed by atoms with Crippen LogP contribution < -0.4 is 0 Å². The maximum absolute atomic E-state index is 11.2. The first-order valence-corrected chi connectivity index (χ1v) is 7.59. The lowest BCUT2D eigenvalue weighted by Crippen LogP contribution is -2.23. The minimum absolute atomic E-state index is 0.121. The largest absolute Gasteiger partial charge is 0.353 e. The molecule has 0 N–H and O–H groups in total. The van der Waals surface area contributed by atoms with Gasteiger partial charge >= 0.3 is 0 Å². The molecule has 1 fully saturated rings. The molecule has 1 aromatic carbocycles. The Labute approximate surface area is 129 Å². The third-order valence-electron chi connectivity index (χ3n) is 3.41. The molecule has 1 aliphatic heterocycles. The number of halogens is 2. The van der Waals surface area contributed by atoms with Crippen molar-refractivity contribution in [3.05, 3.63) is 33.8 Å². The van der Waals surface area contributed by atoms with Crippen molar-refractivity contribution in [2.45, 2.75) is 37.9 Å². The summed E-state index contributed by atoms with van der Waals surface area (Å²) in [5.41, 5.74) is 0.863. The minimum Gasteiger partial charge on any atom is -0.353 e. The van der Waals surface area contributed by atoms with Crippen molar-refractivity contribution in [3.8, 4) is 0 Å². The number of carbonyl (C=O) groups excluding carboxylic acids is 1. The van der Waals surface area contributed by atoms with Crippen LogP contribution >= 0.6 is 23.2 Å². The van der Waals surface area contributed by atoms with E-state index in [1.807, 2.05) is 6.07 Å². The van der Waals surface area contributed by atoms with Crippen molar-refractivity contribution in [2.75, 3.05) is 13.2 Å². The molecule has 2 atom stereocenters. The quantitative estimate of drug-likeness (QED) is 0.737. The van der Waals surface area contributed by atoms with Gasteiger partial charge in [-0.15, -0.1) is 0 Å². The van der Waals surface area contributed by atoms with Crippen LogP contribution in [0.4, 0.5) is 0 Å². The second kappa shape index (κ2) is 7.99. The molecule has 0 aliphatic carbocycles. The van der Waals surface area contributed by atoms with E-state index in [0.29, 0.717) is 23.1 Å². The number of benzene rings is 1. The van der Waals surface area contributed by atoms with Crippen LogP contribution in [-0.4, -0.2) is 25.8 Å². The molecule has 0 radical (unpaired) electrons. The molecule has 0 bridgehead atoms. The highest BCUT2D eigenvalue weighted by molar-refractivity contribution is 6.42. The lowest BCUT2D eigenvalue weighted by molar-refractivity contribution is -0.163. The molecule has 20 heavy (non-hydrogen) atoms. The highest BCUT2D eigenvalue weighted by Gasteiger charge is 2.16. The highest BCUT2D eigenvalue weighted by Crippen LogP contribution is 2.27. The summed E-state index contributed by atoms with van der Waals surface area (Å²) >= 11 is 11.8. The predicted molar refractivity (Wildman–Crippen MR) is 79.4 cm³/mol. The van der Waals surface area contributed by atoms with Crippen molar-refractivity contribution in [3.63, 3.8) is 0 Å². The van der Waals surface area contributed by atoms with Gasteiger partial charge in [0.25, 0.3) is 0 Å². The van der Waals surface area contributed by atoms with E-state index in [2.05, 4.69) is 0 Å². The molecule has 0 aromatic heterocycles. The van der Waals surface area contributed by atoms with E-state index in [-0.39, 0.29) is 12.2 Å². The summed E-state index contributed by atoms with van der Waals surface area (Å²) in [4.78, 5) is 11.2. The number of rotatable bonds is 6. The number of hydrogen-bond donors (Lipinski definition) is 0. The molecule has 3 nitrogen and oxygen atoms in total. The molecule has 1 aliphatic rings. The van der Waals surface area contributed by atoms with E-state index >= 15 is 0 Å². The van der Waals surface area contributed by atoms with Gasteiger partial charge in [0.2, 0.25) is 0 Å². The molecule has 0 spiro atoms. The molecule has 5 heteroatoms. The first-order valence-electron chi connectivity index (χ1n) is 6.84. The summed E-state index contributed by atoms with van der Waals surface area (Å²) in [7, 11) is 0. The molecule has 0 amide bonds. The first-order chi connectivity index (χ1) is 9.70. The van der Waals surface area contributed by atoms with Crippen LogP contribution in [0.5, 0.6) is 0 Å². The smallest absolute Gasteiger partial charge is 0.157 e. The van der Waals surface area contributed by atoms with Gasteiger partial charge in [-0.2, -0.15) is 0 Å². The molecule has 2 rings (SSSR count). The fraction of sp³-hybridized carbons (Fsp3) is 0.533. The van der Waals surface area contributed by atoms with Gasteiger partial charge in [-0.05, 0) is 43.4 Å². The fourth-order valence-electron chi connectivity index (χ4n) is 2.23. The summed E-state index contributed by atoms with van der Waals surface area (Å²) in [6, 6.07) is 5.27. The van der Waals surface area contributed by atoms with Crippen molar-refractivity contribution < 1.29 is 14.3 Å². The maximum Gasteiger partial charge on any atom is 0.157 e. The number of aldehydes is 1. The summed E-state index contributed by atoms with van der Waals surface area (Å²) in [5, 5.41) is 0.958. The van der Waals surface area contributed by atoms with Gasteiger partial charge < -0.3 is 14.3 Å². The second-order valence-corrected chi connectivity index (χ2v) is 5.69. The summed E-state index contributed by atoms with van der Waals surface area (Å²) < 4.78 is 11.1. The lowest BCUT2D eigenvalue weighted by Gasteiger charge is -2.23. The fourth-order valence-corrected chi connectivity index (χ4v) is 2.53. The summed E-state index contributed by atoms with van der Waals surface area (Å²) in [5.74, 6) is -0.228. The van der Waals surface area contributed by atoms with E-state index in [1.165, 1.54) is 0 Å². The Morgan fingerprint density at radius 3 is 2.85 bits per heavy atom. The van der Waals surface area contributed by atoms with Crippen molar-refractivity contribution >= 4 is 29.5 Å². The van der Waals surface area contributed by atoms with Gasteiger partial charge in [0.05, 0.1) is 16.7 Å². The predicted octanol–water partition coefficient (Wildman–Crippen LogP) is 4.21. The third-order valence-corrected chi connectivity index (χ3v) is 4.15. The Hall–Kier alpha value is -0.610. The van der Waals surface area contributed by atoms with Crippen molar-refractivity contribution in [1.82, 2.24) is 0 Å². The number of hydrogen-bond acceptors (Lipinski definition) is 3. The van der Waals surface area contributed by atoms with Gasteiger partial charge in [-0.25, -0.2) is 0 Å². The van der Waals surface area contributed by atoms with Gasteiger partial charge in [0.1, 0.15) is 6.29 Å². The summed E-state index contributed by atoms with van der Waals surface area (Å²) in [6.07, 6.45) is 4.57.